The number of para-hydroxylation sites is 1. The van der Waals surface area contributed by atoms with Gasteiger partial charge in [-0.1, -0.05) is 35.5 Å². The van der Waals surface area contributed by atoms with Crippen molar-refractivity contribution in [3.8, 4) is 5.75 Å². The van der Waals surface area contributed by atoms with Gasteiger partial charge in [0.2, 0.25) is 0 Å². The summed E-state index contributed by atoms with van der Waals surface area (Å²) in [4.78, 5) is 13.0. The molecule has 0 bridgehead atoms. The minimum Gasteiger partial charge on any atom is -0.487 e. The van der Waals surface area contributed by atoms with Crippen LogP contribution < -0.4 is 4.74 Å². The molecule has 3 unspecified atom stereocenters. The topological polar surface area (TPSA) is 110 Å². The standard InChI is InChI=1S/C28H36N4O5S/c1-5-36-28(33)14-22(23-13-24(23)25-17-31(4)30-29-25)20-11-10-18(2)21(12-20)16-32-15-19(3)37-26-8-6-7-9-27(26)38(32,34)35/h6-12,17,19,22-24,34-35H,5,13-16H2,1-4H3/t19-,22?,23?,24?/m1/s1. The Hall–Kier alpha value is -2.92. The van der Waals surface area contributed by atoms with Gasteiger partial charge in [0.1, 0.15) is 16.7 Å². The maximum Gasteiger partial charge on any atom is 0.306 e. The summed E-state index contributed by atoms with van der Waals surface area (Å²) in [5.74, 6) is 0.762. The zero-order valence-corrected chi connectivity index (χ0v) is 23.1. The molecule has 1 saturated carbocycles. The number of aryl methyl sites for hydroxylation is 2. The monoisotopic (exact) mass is 540 g/mol. The Bertz CT molecular complexity index is 1310. The molecule has 204 valence electrons. The minimum absolute atomic E-state index is 0.0344. The van der Waals surface area contributed by atoms with E-state index in [0.717, 1.165) is 28.8 Å². The highest BCUT2D eigenvalue weighted by Gasteiger charge is 2.47. The fourth-order valence-electron chi connectivity index (χ4n) is 5.44. The molecule has 2 N–H and O–H groups in total. The first-order valence-electron chi connectivity index (χ1n) is 13.1. The molecule has 9 nitrogen and oxygen atoms in total. The summed E-state index contributed by atoms with van der Waals surface area (Å²) in [7, 11) is -1.40. The fourth-order valence-corrected chi connectivity index (χ4v) is 7.11. The van der Waals surface area contributed by atoms with Crippen LogP contribution in [-0.4, -0.2) is 53.6 Å². The van der Waals surface area contributed by atoms with E-state index in [1.54, 1.807) is 27.2 Å². The van der Waals surface area contributed by atoms with E-state index in [-0.39, 0.29) is 36.2 Å². The van der Waals surface area contributed by atoms with E-state index in [1.807, 2.05) is 40.1 Å². The molecule has 0 saturated heterocycles. The maximum absolute atomic E-state index is 12.6. The second-order valence-electron chi connectivity index (χ2n) is 10.3. The molecule has 1 fully saturated rings. The summed E-state index contributed by atoms with van der Waals surface area (Å²) in [6.07, 6.45) is 2.95. The number of hydrogen-bond donors (Lipinski definition) is 2. The van der Waals surface area contributed by atoms with E-state index in [0.29, 0.717) is 30.3 Å². The second kappa shape index (κ2) is 10.7. The van der Waals surface area contributed by atoms with E-state index in [2.05, 4.69) is 28.5 Å². The Morgan fingerprint density at radius 3 is 2.79 bits per heavy atom. The Kier molecular flexibility index (Phi) is 7.50. The van der Waals surface area contributed by atoms with Gasteiger partial charge in [0.05, 0.1) is 25.3 Å². The van der Waals surface area contributed by atoms with Crippen LogP contribution in [0.15, 0.2) is 53.6 Å². The number of nitrogens with zero attached hydrogens (tertiary/aromatic N) is 4. The highest BCUT2D eigenvalue weighted by Crippen LogP contribution is 2.58. The van der Waals surface area contributed by atoms with E-state index in [1.165, 1.54) is 0 Å². The number of hydrogen-bond acceptors (Lipinski definition) is 8. The lowest BCUT2D eigenvalue weighted by Gasteiger charge is -2.42. The molecule has 0 spiro atoms. The van der Waals surface area contributed by atoms with Gasteiger partial charge in [0.25, 0.3) is 0 Å². The van der Waals surface area contributed by atoms with Crippen molar-refractivity contribution < 1.29 is 23.4 Å². The first-order valence-corrected chi connectivity index (χ1v) is 14.6. The Morgan fingerprint density at radius 1 is 1.26 bits per heavy atom. The van der Waals surface area contributed by atoms with Crippen LogP contribution in [0.3, 0.4) is 0 Å². The number of ether oxygens (including phenoxy) is 2. The summed E-state index contributed by atoms with van der Waals surface area (Å²) >= 11 is 0. The lowest BCUT2D eigenvalue weighted by atomic mass is 9.87. The zero-order chi connectivity index (χ0) is 27.0. The Balaban J connectivity index is 1.44. The molecule has 1 aliphatic carbocycles. The van der Waals surface area contributed by atoms with Crippen molar-refractivity contribution in [2.75, 3.05) is 13.2 Å². The van der Waals surface area contributed by atoms with Gasteiger partial charge in [0.15, 0.2) is 0 Å². The quantitative estimate of drug-likeness (QED) is 0.372. The normalized spacial score (nSPS) is 24.0. The molecule has 3 aromatic rings. The van der Waals surface area contributed by atoms with E-state index < -0.39 is 10.8 Å². The third kappa shape index (κ3) is 5.44. The van der Waals surface area contributed by atoms with Gasteiger partial charge >= 0.3 is 5.97 Å². The molecule has 0 amide bonds. The van der Waals surface area contributed by atoms with Crippen LogP contribution in [-0.2, 0) is 23.1 Å². The van der Waals surface area contributed by atoms with Crippen LogP contribution in [0.5, 0.6) is 5.75 Å². The zero-order valence-electron chi connectivity index (χ0n) is 22.3. The average molecular weight is 541 g/mol. The highest BCUT2D eigenvalue weighted by atomic mass is 32.3. The van der Waals surface area contributed by atoms with Crippen molar-refractivity contribution in [2.45, 2.75) is 63.0 Å². The number of esters is 1. The number of aromatic nitrogens is 3. The van der Waals surface area contributed by atoms with Crippen LogP contribution in [0.1, 0.15) is 60.9 Å². The van der Waals surface area contributed by atoms with E-state index >= 15 is 0 Å². The smallest absolute Gasteiger partial charge is 0.306 e. The SMILES string of the molecule is CCOC(=O)CC(c1ccc(C)c(CN2C[C@@H](C)Oc3ccccc3S2(O)O)c1)C1CC1c1cn(C)nn1. The van der Waals surface area contributed by atoms with Crippen molar-refractivity contribution in [1.29, 1.82) is 0 Å². The van der Waals surface area contributed by atoms with E-state index in [4.69, 9.17) is 9.47 Å². The van der Waals surface area contributed by atoms with Gasteiger partial charge in [-0.05, 0) is 67.9 Å². The van der Waals surface area contributed by atoms with Gasteiger partial charge in [-0.2, -0.15) is 4.31 Å². The molecule has 38 heavy (non-hydrogen) atoms. The van der Waals surface area contributed by atoms with Gasteiger partial charge in [-0.3, -0.25) is 18.6 Å². The third-order valence-corrected chi connectivity index (χ3v) is 9.42. The second-order valence-corrected chi connectivity index (χ2v) is 12.3. The van der Waals surface area contributed by atoms with Gasteiger partial charge < -0.3 is 9.47 Å². The van der Waals surface area contributed by atoms with Crippen molar-refractivity contribution in [2.24, 2.45) is 13.0 Å². The number of carbonyl (C=O) groups excluding carboxylic acids is 1. The molecule has 2 aromatic carbocycles. The molecule has 4 atom stereocenters. The molecule has 1 aliphatic heterocycles. The maximum atomic E-state index is 12.6. The first kappa shape index (κ1) is 26.7. The number of fused-ring (bicyclic) bond motifs is 1. The van der Waals surface area contributed by atoms with Crippen LogP contribution in [0, 0.1) is 12.8 Å². The van der Waals surface area contributed by atoms with Crippen LogP contribution in [0.2, 0.25) is 0 Å². The summed E-state index contributed by atoms with van der Waals surface area (Å²) in [6, 6.07) is 13.4. The summed E-state index contributed by atoms with van der Waals surface area (Å²) < 4.78 is 37.5. The molecule has 1 aromatic heterocycles. The van der Waals surface area contributed by atoms with Crippen LogP contribution in [0.25, 0.3) is 0 Å². The van der Waals surface area contributed by atoms with Crippen molar-refractivity contribution in [1.82, 2.24) is 19.3 Å². The largest absolute Gasteiger partial charge is 0.487 e. The third-order valence-electron chi connectivity index (χ3n) is 7.49. The highest BCUT2D eigenvalue weighted by molar-refractivity contribution is 8.22. The van der Waals surface area contributed by atoms with Gasteiger partial charge in [-0.25, -0.2) is 0 Å². The first-order chi connectivity index (χ1) is 18.2. The lowest BCUT2D eigenvalue weighted by molar-refractivity contribution is -0.143. The predicted molar refractivity (Wildman–Crippen MR) is 145 cm³/mol. The van der Waals surface area contributed by atoms with Crippen molar-refractivity contribution >= 4 is 16.7 Å². The predicted octanol–water partition coefficient (Wildman–Crippen LogP) is 5.27. The molecule has 2 heterocycles. The Morgan fingerprint density at radius 2 is 2.05 bits per heavy atom. The fraction of sp³-hybridized carbons (Fsp3) is 0.464. The average Bonchev–Trinajstić information content (AvgIpc) is 3.56. The number of benzene rings is 2. The summed E-state index contributed by atoms with van der Waals surface area (Å²) in [5.41, 5.74) is 4.03. The minimum atomic E-state index is -3.26. The van der Waals surface area contributed by atoms with E-state index in [9.17, 15) is 13.9 Å². The van der Waals surface area contributed by atoms with Crippen molar-refractivity contribution in [3.05, 3.63) is 71.0 Å². The van der Waals surface area contributed by atoms with Gasteiger partial charge in [-0.15, -0.1) is 15.9 Å². The van der Waals surface area contributed by atoms with Crippen molar-refractivity contribution in [3.63, 3.8) is 0 Å². The molecule has 2 aliphatic rings. The lowest BCUT2D eigenvalue weighted by Crippen LogP contribution is -2.33. The molecular formula is C28H36N4O5S. The molecule has 0 radical (unpaired) electrons. The molecule has 5 rings (SSSR count). The molecule has 10 heteroatoms. The summed E-state index contributed by atoms with van der Waals surface area (Å²) in [5, 5.41) is 8.39. The van der Waals surface area contributed by atoms with Crippen LogP contribution in [0.4, 0.5) is 0 Å². The number of carbonyl (C=O) groups is 1. The Labute approximate surface area is 225 Å². The van der Waals surface area contributed by atoms with Crippen LogP contribution >= 0.6 is 10.8 Å². The molecular weight excluding hydrogens is 504 g/mol. The number of rotatable bonds is 8. The van der Waals surface area contributed by atoms with Gasteiger partial charge in [0, 0.05) is 25.7 Å². The summed E-state index contributed by atoms with van der Waals surface area (Å²) in [6.45, 7) is 6.83.